The molecule has 5 nitrogen and oxygen atoms in total. The molecule has 5 heteroatoms. The van der Waals surface area contributed by atoms with E-state index in [0.29, 0.717) is 30.3 Å². The van der Waals surface area contributed by atoms with Crippen LogP contribution in [0, 0.1) is 0 Å². The first-order valence-electron chi connectivity index (χ1n) is 6.31. The number of benzene rings is 1. The molecule has 1 atom stereocenters. The lowest BCUT2D eigenvalue weighted by molar-refractivity contribution is -0.191. The Balaban J connectivity index is 2.98. The van der Waals surface area contributed by atoms with E-state index < -0.39 is 12.4 Å². The van der Waals surface area contributed by atoms with Gasteiger partial charge in [0.05, 0.1) is 14.2 Å². The zero-order valence-corrected chi connectivity index (χ0v) is 11.9. The number of hydrogen-bond acceptors (Lipinski definition) is 5. The first-order valence-corrected chi connectivity index (χ1v) is 6.31. The van der Waals surface area contributed by atoms with Crippen molar-refractivity contribution in [3.05, 3.63) is 23.8 Å². The summed E-state index contributed by atoms with van der Waals surface area (Å²) in [5, 5.41) is 10.3. The van der Waals surface area contributed by atoms with Crippen LogP contribution in [0.2, 0.25) is 0 Å². The zero-order valence-electron chi connectivity index (χ0n) is 11.9. The summed E-state index contributed by atoms with van der Waals surface area (Å²) in [6.07, 6.45) is -1.63. The fraction of sp³-hybridized carbons (Fsp3) is 0.571. The molecule has 0 amide bonds. The normalized spacial score (nSPS) is 12.5. The van der Waals surface area contributed by atoms with Gasteiger partial charge in [-0.25, -0.2) is 0 Å². The van der Waals surface area contributed by atoms with Gasteiger partial charge in [-0.1, -0.05) is 0 Å². The SMILES string of the molecule is CCOC(OCC)C(O)c1ccc(OC)cc1OC. The highest BCUT2D eigenvalue weighted by Gasteiger charge is 2.25. The molecule has 1 rings (SSSR count). The van der Waals surface area contributed by atoms with E-state index in [1.807, 2.05) is 13.8 Å². The first-order chi connectivity index (χ1) is 9.17. The third-order valence-corrected chi connectivity index (χ3v) is 2.68. The molecule has 0 saturated heterocycles. The Hall–Kier alpha value is -1.30. The summed E-state index contributed by atoms with van der Waals surface area (Å²) in [6, 6.07) is 5.22. The van der Waals surface area contributed by atoms with Crippen LogP contribution in [-0.2, 0) is 9.47 Å². The van der Waals surface area contributed by atoms with Crippen molar-refractivity contribution < 1.29 is 24.1 Å². The average molecular weight is 270 g/mol. The average Bonchev–Trinajstić information content (AvgIpc) is 2.45. The summed E-state index contributed by atoms with van der Waals surface area (Å²) in [4.78, 5) is 0. The van der Waals surface area contributed by atoms with Gasteiger partial charge in [0.2, 0.25) is 0 Å². The van der Waals surface area contributed by atoms with Gasteiger partial charge in [-0.2, -0.15) is 0 Å². The van der Waals surface area contributed by atoms with Crippen LogP contribution in [0.4, 0.5) is 0 Å². The predicted molar refractivity (Wildman–Crippen MR) is 71.5 cm³/mol. The largest absolute Gasteiger partial charge is 0.497 e. The second-order valence-corrected chi connectivity index (χ2v) is 3.83. The predicted octanol–water partition coefficient (Wildman–Crippen LogP) is 2.14. The van der Waals surface area contributed by atoms with E-state index in [4.69, 9.17) is 18.9 Å². The quantitative estimate of drug-likeness (QED) is 0.733. The molecular formula is C14H22O5. The van der Waals surface area contributed by atoms with Gasteiger partial charge in [0, 0.05) is 24.8 Å². The van der Waals surface area contributed by atoms with Crippen LogP contribution >= 0.6 is 0 Å². The lowest BCUT2D eigenvalue weighted by atomic mass is 10.1. The fourth-order valence-electron chi connectivity index (χ4n) is 1.77. The van der Waals surface area contributed by atoms with Gasteiger partial charge in [0.1, 0.15) is 17.6 Å². The van der Waals surface area contributed by atoms with Gasteiger partial charge in [0.15, 0.2) is 6.29 Å². The lowest BCUT2D eigenvalue weighted by Gasteiger charge is -2.24. The van der Waals surface area contributed by atoms with E-state index >= 15 is 0 Å². The van der Waals surface area contributed by atoms with Crippen molar-refractivity contribution >= 4 is 0 Å². The molecule has 19 heavy (non-hydrogen) atoms. The second kappa shape index (κ2) is 7.99. The van der Waals surface area contributed by atoms with Gasteiger partial charge in [-0.15, -0.1) is 0 Å². The summed E-state index contributed by atoms with van der Waals surface area (Å²) in [7, 11) is 3.12. The Labute approximate surface area is 114 Å². The number of ether oxygens (including phenoxy) is 4. The Morgan fingerprint density at radius 3 is 2.16 bits per heavy atom. The lowest BCUT2D eigenvalue weighted by Crippen LogP contribution is -2.26. The zero-order chi connectivity index (χ0) is 14.3. The van der Waals surface area contributed by atoms with Gasteiger partial charge in [-0.3, -0.25) is 0 Å². The molecule has 0 radical (unpaired) electrons. The minimum Gasteiger partial charge on any atom is -0.497 e. The van der Waals surface area contributed by atoms with Crippen LogP contribution in [0.5, 0.6) is 11.5 Å². The van der Waals surface area contributed by atoms with Crippen molar-refractivity contribution in [1.29, 1.82) is 0 Å². The van der Waals surface area contributed by atoms with Gasteiger partial charge in [0.25, 0.3) is 0 Å². The molecule has 0 spiro atoms. The molecule has 1 aromatic rings. The van der Waals surface area contributed by atoms with Crippen molar-refractivity contribution in [3.8, 4) is 11.5 Å². The molecule has 0 aliphatic carbocycles. The highest BCUT2D eigenvalue weighted by atomic mass is 16.7. The maximum Gasteiger partial charge on any atom is 0.187 e. The molecular weight excluding hydrogens is 248 g/mol. The summed E-state index contributed by atoms with van der Waals surface area (Å²) in [5.74, 6) is 1.20. The van der Waals surface area contributed by atoms with Gasteiger partial charge in [-0.05, 0) is 26.0 Å². The fourth-order valence-corrected chi connectivity index (χ4v) is 1.77. The summed E-state index contributed by atoms with van der Waals surface area (Å²) < 4.78 is 21.2. The number of aliphatic hydroxyl groups is 1. The van der Waals surface area contributed by atoms with Crippen LogP contribution in [0.1, 0.15) is 25.5 Å². The molecule has 0 bridgehead atoms. The minimum absolute atomic E-state index is 0.459. The van der Waals surface area contributed by atoms with E-state index in [9.17, 15) is 5.11 Å². The van der Waals surface area contributed by atoms with Crippen LogP contribution in [-0.4, -0.2) is 38.8 Å². The van der Waals surface area contributed by atoms with Gasteiger partial charge < -0.3 is 24.1 Å². The Kier molecular flexibility index (Phi) is 6.62. The van der Waals surface area contributed by atoms with E-state index in [-0.39, 0.29) is 0 Å². The highest BCUT2D eigenvalue weighted by molar-refractivity contribution is 5.42. The van der Waals surface area contributed by atoms with Crippen molar-refractivity contribution in [2.24, 2.45) is 0 Å². The van der Waals surface area contributed by atoms with Crippen LogP contribution in [0.15, 0.2) is 18.2 Å². The van der Waals surface area contributed by atoms with Crippen LogP contribution in [0.3, 0.4) is 0 Å². The summed E-state index contributed by atoms with van der Waals surface area (Å²) >= 11 is 0. The number of methoxy groups -OCH3 is 2. The third-order valence-electron chi connectivity index (χ3n) is 2.68. The van der Waals surface area contributed by atoms with Crippen molar-refractivity contribution in [2.75, 3.05) is 27.4 Å². The Morgan fingerprint density at radius 1 is 1.05 bits per heavy atom. The van der Waals surface area contributed by atoms with E-state index in [0.717, 1.165) is 0 Å². The van der Waals surface area contributed by atoms with Crippen molar-refractivity contribution in [3.63, 3.8) is 0 Å². The third kappa shape index (κ3) is 4.09. The van der Waals surface area contributed by atoms with Crippen molar-refractivity contribution in [1.82, 2.24) is 0 Å². The molecule has 1 aromatic carbocycles. The molecule has 0 aromatic heterocycles. The van der Waals surface area contributed by atoms with E-state index in [1.165, 1.54) is 0 Å². The summed E-state index contributed by atoms with van der Waals surface area (Å²) in [6.45, 7) is 4.62. The van der Waals surface area contributed by atoms with Crippen molar-refractivity contribution in [2.45, 2.75) is 26.2 Å². The second-order valence-electron chi connectivity index (χ2n) is 3.83. The molecule has 0 aliphatic rings. The van der Waals surface area contributed by atoms with Crippen LogP contribution in [0.25, 0.3) is 0 Å². The molecule has 1 N–H and O–H groups in total. The molecule has 0 aliphatic heterocycles. The summed E-state index contributed by atoms with van der Waals surface area (Å²) in [5.41, 5.74) is 0.607. The standard InChI is InChI=1S/C14H22O5/c1-5-18-14(19-6-2)13(15)11-8-7-10(16-3)9-12(11)17-4/h7-9,13-15H,5-6H2,1-4H3. The molecule has 0 fully saturated rings. The number of hydrogen-bond donors (Lipinski definition) is 1. The monoisotopic (exact) mass is 270 g/mol. The van der Waals surface area contributed by atoms with Gasteiger partial charge >= 0.3 is 0 Å². The van der Waals surface area contributed by atoms with E-state index in [2.05, 4.69) is 0 Å². The highest BCUT2D eigenvalue weighted by Crippen LogP contribution is 2.32. The first kappa shape index (κ1) is 15.8. The molecule has 0 heterocycles. The number of rotatable bonds is 8. The number of aliphatic hydroxyl groups excluding tert-OH is 1. The Bertz CT molecular complexity index is 374. The molecule has 0 saturated carbocycles. The maximum atomic E-state index is 10.3. The van der Waals surface area contributed by atoms with E-state index in [1.54, 1.807) is 32.4 Å². The molecule has 108 valence electrons. The smallest absolute Gasteiger partial charge is 0.187 e. The minimum atomic E-state index is -0.916. The molecule has 1 unspecified atom stereocenters. The maximum absolute atomic E-state index is 10.3. The topological polar surface area (TPSA) is 57.2 Å². The van der Waals surface area contributed by atoms with Crippen LogP contribution < -0.4 is 9.47 Å². The Morgan fingerprint density at radius 2 is 1.68 bits per heavy atom.